The molecule has 0 saturated heterocycles. The number of nitrogens with one attached hydrogen (secondary N) is 1. The van der Waals surface area contributed by atoms with Crippen molar-refractivity contribution in [2.24, 2.45) is 0 Å². The summed E-state index contributed by atoms with van der Waals surface area (Å²) in [6.07, 6.45) is 4.45. The number of halogens is 2. The summed E-state index contributed by atoms with van der Waals surface area (Å²) >= 11 is 12.8. The molecule has 6 heteroatoms. The molecule has 1 saturated carbocycles. The van der Waals surface area contributed by atoms with Gasteiger partial charge >= 0.3 is 0 Å². The molecular formula is C25H30Cl2N2O2. The molecule has 0 bridgehead atoms. The number of carbonyl (C=O) groups is 2. The Kier molecular flexibility index (Phi) is 8.01. The van der Waals surface area contributed by atoms with Gasteiger partial charge in [0.2, 0.25) is 11.8 Å². The first kappa shape index (κ1) is 23.6. The Bertz CT molecular complexity index is 914. The van der Waals surface area contributed by atoms with Crippen molar-refractivity contribution in [3.05, 3.63) is 68.7 Å². The molecule has 31 heavy (non-hydrogen) atoms. The van der Waals surface area contributed by atoms with Crippen LogP contribution in [0.1, 0.15) is 54.9 Å². The van der Waals surface area contributed by atoms with Crippen molar-refractivity contribution in [1.82, 2.24) is 10.2 Å². The fourth-order valence-electron chi connectivity index (χ4n) is 4.28. The molecule has 2 aromatic carbocycles. The van der Waals surface area contributed by atoms with E-state index in [0.717, 1.165) is 42.4 Å². The first-order valence-electron chi connectivity index (χ1n) is 10.8. The van der Waals surface area contributed by atoms with Crippen molar-refractivity contribution in [3.63, 3.8) is 0 Å². The van der Waals surface area contributed by atoms with E-state index in [1.807, 2.05) is 26.0 Å². The lowest BCUT2D eigenvalue weighted by atomic mass is 10.0. The Morgan fingerprint density at radius 2 is 1.65 bits per heavy atom. The maximum absolute atomic E-state index is 13.4. The molecule has 166 valence electrons. The highest BCUT2D eigenvalue weighted by Crippen LogP contribution is 2.27. The second-order valence-electron chi connectivity index (χ2n) is 8.56. The maximum Gasteiger partial charge on any atom is 0.242 e. The number of aryl methyl sites for hydroxylation is 2. The molecule has 0 aliphatic heterocycles. The zero-order chi connectivity index (χ0) is 22.5. The highest BCUT2D eigenvalue weighted by Gasteiger charge is 2.29. The smallest absolute Gasteiger partial charge is 0.242 e. The summed E-state index contributed by atoms with van der Waals surface area (Å²) < 4.78 is 0. The van der Waals surface area contributed by atoms with E-state index in [-0.39, 0.29) is 30.8 Å². The van der Waals surface area contributed by atoms with Crippen LogP contribution in [0.5, 0.6) is 0 Å². The highest BCUT2D eigenvalue weighted by molar-refractivity contribution is 6.36. The normalized spacial score (nSPS) is 15.0. The van der Waals surface area contributed by atoms with Crippen LogP contribution in [-0.2, 0) is 22.6 Å². The number of amides is 2. The minimum absolute atomic E-state index is 0.130. The van der Waals surface area contributed by atoms with Crippen molar-refractivity contribution in [2.45, 2.75) is 71.5 Å². The summed E-state index contributed by atoms with van der Waals surface area (Å²) in [4.78, 5) is 28.0. The van der Waals surface area contributed by atoms with E-state index in [9.17, 15) is 9.59 Å². The average molecular weight is 461 g/mol. The lowest BCUT2D eigenvalue weighted by Gasteiger charge is -2.30. The van der Waals surface area contributed by atoms with Crippen LogP contribution in [0.4, 0.5) is 0 Å². The van der Waals surface area contributed by atoms with E-state index in [0.29, 0.717) is 15.6 Å². The fraction of sp³-hybridized carbons (Fsp3) is 0.440. The van der Waals surface area contributed by atoms with Crippen molar-refractivity contribution >= 4 is 35.0 Å². The largest absolute Gasteiger partial charge is 0.352 e. The second kappa shape index (κ2) is 10.5. The van der Waals surface area contributed by atoms with Crippen molar-refractivity contribution in [1.29, 1.82) is 0 Å². The van der Waals surface area contributed by atoms with Gasteiger partial charge < -0.3 is 10.2 Å². The van der Waals surface area contributed by atoms with Gasteiger partial charge in [0, 0.05) is 28.2 Å². The fourth-order valence-corrected chi connectivity index (χ4v) is 4.79. The van der Waals surface area contributed by atoms with Crippen LogP contribution in [0.2, 0.25) is 10.0 Å². The van der Waals surface area contributed by atoms with Crippen LogP contribution in [0.25, 0.3) is 0 Å². The Balaban J connectivity index is 1.85. The summed E-state index contributed by atoms with van der Waals surface area (Å²) in [5, 5.41) is 4.08. The monoisotopic (exact) mass is 460 g/mol. The topological polar surface area (TPSA) is 49.4 Å². The highest BCUT2D eigenvalue weighted by atomic mass is 35.5. The first-order valence-corrected chi connectivity index (χ1v) is 11.6. The van der Waals surface area contributed by atoms with Crippen LogP contribution < -0.4 is 5.32 Å². The molecule has 2 amide bonds. The molecule has 2 aromatic rings. The van der Waals surface area contributed by atoms with Gasteiger partial charge in [-0.1, -0.05) is 71.4 Å². The predicted molar refractivity (Wildman–Crippen MR) is 126 cm³/mol. The number of nitrogens with zero attached hydrogens (tertiary/aromatic N) is 1. The van der Waals surface area contributed by atoms with Gasteiger partial charge in [-0.25, -0.2) is 0 Å². The molecule has 1 N–H and O–H groups in total. The van der Waals surface area contributed by atoms with E-state index in [1.165, 1.54) is 0 Å². The summed E-state index contributed by atoms with van der Waals surface area (Å²) in [6.45, 7) is 5.98. The molecule has 0 radical (unpaired) electrons. The molecule has 1 atom stereocenters. The zero-order valence-electron chi connectivity index (χ0n) is 18.4. The molecule has 0 aromatic heterocycles. The molecule has 1 aliphatic carbocycles. The van der Waals surface area contributed by atoms with Gasteiger partial charge in [-0.05, 0) is 51.3 Å². The maximum atomic E-state index is 13.4. The molecule has 1 aliphatic rings. The average Bonchev–Trinajstić information content (AvgIpc) is 3.19. The summed E-state index contributed by atoms with van der Waals surface area (Å²) in [6, 6.07) is 10.9. The van der Waals surface area contributed by atoms with Gasteiger partial charge in [0.25, 0.3) is 0 Å². The van der Waals surface area contributed by atoms with E-state index >= 15 is 0 Å². The van der Waals surface area contributed by atoms with Crippen LogP contribution in [0, 0.1) is 13.8 Å². The molecule has 0 spiro atoms. The van der Waals surface area contributed by atoms with E-state index < -0.39 is 6.04 Å². The third-order valence-corrected chi connectivity index (χ3v) is 6.60. The Hall–Kier alpha value is -2.04. The van der Waals surface area contributed by atoms with Gasteiger partial charge in [-0.2, -0.15) is 0 Å². The zero-order valence-corrected chi connectivity index (χ0v) is 19.9. The van der Waals surface area contributed by atoms with E-state index in [4.69, 9.17) is 23.2 Å². The predicted octanol–water partition coefficient (Wildman–Crippen LogP) is 5.63. The van der Waals surface area contributed by atoms with E-state index in [1.54, 1.807) is 30.0 Å². The van der Waals surface area contributed by atoms with Crippen LogP contribution in [0.15, 0.2) is 36.4 Å². The SMILES string of the molecule is Cc1cc(C)cc(CC(=O)N(Cc2c(Cl)cccc2Cl)[C@@H](C)C(=O)NC2CCCC2)c1. The third-order valence-electron chi connectivity index (χ3n) is 5.90. The van der Waals surface area contributed by atoms with Gasteiger partial charge in [0.15, 0.2) is 0 Å². The lowest BCUT2D eigenvalue weighted by molar-refractivity contribution is -0.140. The van der Waals surface area contributed by atoms with Crippen molar-refractivity contribution in [3.8, 4) is 0 Å². The van der Waals surface area contributed by atoms with E-state index in [2.05, 4.69) is 11.4 Å². The third kappa shape index (κ3) is 6.24. The molecule has 0 heterocycles. The van der Waals surface area contributed by atoms with Crippen molar-refractivity contribution < 1.29 is 9.59 Å². The Morgan fingerprint density at radius 3 is 2.23 bits per heavy atom. The molecule has 1 fully saturated rings. The molecule has 0 unspecified atom stereocenters. The number of hydrogen-bond acceptors (Lipinski definition) is 2. The number of carbonyl (C=O) groups excluding carboxylic acids is 2. The second-order valence-corrected chi connectivity index (χ2v) is 9.37. The van der Waals surface area contributed by atoms with Crippen LogP contribution >= 0.6 is 23.2 Å². The number of rotatable bonds is 7. The standard InChI is InChI=1S/C25H30Cl2N2O2/c1-16-11-17(2)13-19(12-16)14-24(30)29(15-21-22(26)9-6-10-23(21)27)18(3)25(31)28-20-7-4-5-8-20/h6,9-13,18,20H,4-5,7-8,14-15H2,1-3H3,(H,28,31)/t18-/m0/s1. The minimum Gasteiger partial charge on any atom is -0.352 e. The molecular weight excluding hydrogens is 431 g/mol. The molecule has 3 rings (SSSR count). The van der Waals surface area contributed by atoms with Gasteiger partial charge in [-0.15, -0.1) is 0 Å². The van der Waals surface area contributed by atoms with Crippen LogP contribution in [0.3, 0.4) is 0 Å². The summed E-state index contributed by atoms with van der Waals surface area (Å²) in [5.74, 6) is -0.265. The van der Waals surface area contributed by atoms with Gasteiger partial charge in [0.05, 0.1) is 6.42 Å². The van der Waals surface area contributed by atoms with Gasteiger partial charge in [-0.3, -0.25) is 9.59 Å². The number of benzene rings is 2. The Labute approximate surface area is 194 Å². The van der Waals surface area contributed by atoms with Crippen LogP contribution in [-0.4, -0.2) is 28.8 Å². The first-order chi connectivity index (χ1) is 14.7. The van der Waals surface area contributed by atoms with Crippen molar-refractivity contribution in [2.75, 3.05) is 0 Å². The lowest BCUT2D eigenvalue weighted by Crippen LogP contribution is -2.50. The van der Waals surface area contributed by atoms with Gasteiger partial charge in [0.1, 0.15) is 6.04 Å². The summed E-state index contributed by atoms with van der Waals surface area (Å²) in [5.41, 5.74) is 3.80. The summed E-state index contributed by atoms with van der Waals surface area (Å²) in [7, 11) is 0. The minimum atomic E-state index is -0.633. The molecule has 4 nitrogen and oxygen atoms in total. The Morgan fingerprint density at radius 1 is 1.06 bits per heavy atom. The quantitative estimate of drug-likeness (QED) is 0.581. The number of hydrogen-bond donors (Lipinski definition) is 1.